The van der Waals surface area contributed by atoms with Crippen LogP contribution in [0.2, 0.25) is 0 Å². The largest absolute Gasteiger partial charge is 0.480 e. The Morgan fingerprint density at radius 3 is 2.14 bits per heavy atom. The average molecular weight is 198 g/mol. The van der Waals surface area contributed by atoms with Gasteiger partial charge >= 0.3 is 5.97 Å². The normalized spacial score (nSPS) is 13.6. The number of nitrogens with two attached hydrogens (primary N) is 1. The van der Waals surface area contributed by atoms with E-state index in [1.54, 1.807) is 0 Å². The molecule has 4 nitrogen and oxygen atoms in total. The van der Waals surface area contributed by atoms with Crippen LogP contribution < -0.4 is 5.73 Å². The van der Waals surface area contributed by atoms with Gasteiger partial charge in [0.15, 0.2) is 0 Å². The molecule has 1 rings (SSSR count). The smallest absolute Gasteiger partial charge is 0.320 e. The number of aromatic nitrogens is 1. The van der Waals surface area contributed by atoms with Crippen molar-refractivity contribution in [2.45, 2.75) is 26.3 Å². The van der Waals surface area contributed by atoms with E-state index < -0.39 is 12.0 Å². The summed E-state index contributed by atoms with van der Waals surface area (Å²) in [6, 6.07) is 3.19. The number of carboxylic acids is 1. The molecule has 0 saturated carbocycles. The van der Waals surface area contributed by atoms with E-state index in [0.717, 1.165) is 6.42 Å². The monoisotopic (exact) mass is 198 g/mol. The van der Waals surface area contributed by atoms with Gasteiger partial charge in [-0.25, -0.2) is 0 Å². The number of H-pyrrole nitrogens is 1. The second-order valence-corrected chi connectivity index (χ2v) is 3.13. The molecule has 2 atom stereocenters. The van der Waals surface area contributed by atoms with Crippen LogP contribution in [-0.4, -0.2) is 22.1 Å². The Balaban J connectivity index is 0.000000280. The fourth-order valence-corrected chi connectivity index (χ4v) is 0.775. The average Bonchev–Trinajstić information content (AvgIpc) is 2.73. The third-order valence-corrected chi connectivity index (χ3v) is 2.04. The predicted octanol–water partition coefficient (Wildman–Crippen LogP) is 1.46. The van der Waals surface area contributed by atoms with Gasteiger partial charge in [-0.1, -0.05) is 20.3 Å². The second-order valence-electron chi connectivity index (χ2n) is 3.13. The zero-order valence-corrected chi connectivity index (χ0v) is 8.60. The van der Waals surface area contributed by atoms with Crippen molar-refractivity contribution in [3.05, 3.63) is 24.5 Å². The van der Waals surface area contributed by atoms with Crippen molar-refractivity contribution in [1.29, 1.82) is 0 Å². The van der Waals surface area contributed by atoms with Crippen molar-refractivity contribution < 1.29 is 9.90 Å². The van der Waals surface area contributed by atoms with E-state index in [1.165, 1.54) is 0 Å². The number of nitrogens with one attached hydrogen (secondary N) is 1. The van der Waals surface area contributed by atoms with E-state index in [0.29, 0.717) is 0 Å². The van der Waals surface area contributed by atoms with Gasteiger partial charge in [-0.15, -0.1) is 0 Å². The molecule has 0 bridgehead atoms. The molecule has 0 aliphatic rings. The number of rotatable bonds is 3. The molecule has 0 aromatic carbocycles. The third-order valence-electron chi connectivity index (χ3n) is 2.04. The van der Waals surface area contributed by atoms with E-state index in [1.807, 2.05) is 38.4 Å². The van der Waals surface area contributed by atoms with Gasteiger partial charge in [-0.2, -0.15) is 0 Å². The number of hydrogen-bond donors (Lipinski definition) is 3. The third kappa shape index (κ3) is 5.37. The SMILES string of the molecule is CC[C@H](C)[C@H](N)C(=O)O.c1cc[nH]c1. The Bertz CT molecular complexity index is 217. The molecule has 4 heteroatoms. The molecule has 0 aliphatic carbocycles. The lowest BCUT2D eigenvalue weighted by Gasteiger charge is -2.11. The lowest BCUT2D eigenvalue weighted by atomic mass is 10.0. The number of carbonyl (C=O) groups is 1. The van der Waals surface area contributed by atoms with Gasteiger partial charge in [-0.05, 0) is 18.1 Å². The van der Waals surface area contributed by atoms with Crippen molar-refractivity contribution >= 4 is 5.97 Å². The Kier molecular flexibility index (Phi) is 6.49. The van der Waals surface area contributed by atoms with Gasteiger partial charge in [0.2, 0.25) is 0 Å². The molecule has 0 fully saturated rings. The summed E-state index contributed by atoms with van der Waals surface area (Å²) >= 11 is 0. The summed E-state index contributed by atoms with van der Waals surface area (Å²) in [7, 11) is 0. The molecule has 0 spiro atoms. The highest BCUT2D eigenvalue weighted by atomic mass is 16.4. The quantitative estimate of drug-likeness (QED) is 0.688. The second kappa shape index (κ2) is 7.15. The molecule has 0 aliphatic heterocycles. The van der Waals surface area contributed by atoms with E-state index in [4.69, 9.17) is 10.8 Å². The summed E-state index contributed by atoms with van der Waals surface area (Å²) in [5.74, 6) is -0.841. The van der Waals surface area contributed by atoms with Crippen LogP contribution in [0.1, 0.15) is 20.3 Å². The van der Waals surface area contributed by atoms with Crippen molar-refractivity contribution in [3.8, 4) is 0 Å². The molecule has 1 aromatic rings. The maximum atomic E-state index is 10.2. The minimum absolute atomic E-state index is 0.0718. The molecule has 0 unspecified atom stereocenters. The first kappa shape index (κ1) is 12.7. The lowest BCUT2D eigenvalue weighted by Crippen LogP contribution is -2.36. The number of carboxylic acid groups (broad SMARTS) is 1. The molecular formula is C10H18N2O2. The van der Waals surface area contributed by atoms with E-state index in [2.05, 4.69) is 4.98 Å². The maximum absolute atomic E-state index is 10.2. The van der Waals surface area contributed by atoms with Crippen LogP contribution in [0.15, 0.2) is 24.5 Å². The van der Waals surface area contributed by atoms with Gasteiger partial charge < -0.3 is 15.8 Å². The van der Waals surface area contributed by atoms with Gasteiger partial charge in [-0.3, -0.25) is 4.79 Å². The zero-order chi connectivity index (χ0) is 11.0. The first-order valence-corrected chi connectivity index (χ1v) is 4.65. The maximum Gasteiger partial charge on any atom is 0.320 e. The van der Waals surface area contributed by atoms with Crippen LogP contribution in [-0.2, 0) is 4.79 Å². The minimum atomic E-state index is -0.913. The summed E-state index contributed by atoms with van der Waals surface area (Å²) < 4.78 is 0. The first-order valence-electron chi connectivity index (χ1n) is 4.65. The number of aromatic amines is 1. The number of hydrogen-bond acceptors (Lipinski definition) is 2. The predicted molar refractivity (Wildman–Crippen MR) is 55.9 cm³/mol. The summed E-state index contributed by atoms with van der Waals surface area (Å²) in [6.45, 7) is 3.76. The van der Waals surface area contributed by atoms with Crippen molar-refractivity contribution in [2.24, 2.45) is 11.7 Å². The molecular weight excluding hydrogens is 180 g/mol. The fourth-order valence-electron chi connectivity index (χ4n) is 0.775. The Hall–Kier alpha value is -1.29. The van der Waals surface area contributed by atoms with E-state index >= 15 is 0 Å². The minimum Gasteiger partial charge on any atom is -0.480 e. The Labute approximate surface area is 84.1 Å². The van der Waals surface area contributed by atoms with Gasteiger partial charge in [0, 0.05) is 12.4 Å². The van der Waals surface area contributed by atoms with Crippen LogP contribution in [0.5, 0.6) is 0 Å². The highest BCUT2D eigenvalue weighted by Gasteiger charge is 2.17. The summed E-state index contributed by atoms with van der Waals surface area (Å²) in [4.78, 5) is 13.0. The van der Waals surface area contributed by atoms with E-state index in [-0.39, 0.29) is 5.92 Å². The molecule has 1 aromatic heterocycles. The molecule has 0 saturated heterocycles. The van der Waals surface area contributed by atoms with Crippen LogP contribution in [0.25, 0.3) is 0 Å². The molecule has 80 valence electrons. The molecule has 0 radical (unpaired) electrons. The lowest BCUT2D eigenvalue weighted by molar-refractivity contribution is -0.139. The van der Waals surface area contributed by atoms with Crippen LogP contribution in [0.3, 0.4) is 0 Å². The number of aliphatic carboxylic acids is 1. The zero-order valence-electron chi connectivity index (χ0n) is 8.60. The summed E-state index contributed by atoms with van der Waals surface area (Å²) in [5.41, 5.74) is 5.27. The molecule has 0 amide bonds. The first-order chi connectivity index (χ1) is 6.59. The van der Waals surface area contributed by atoms with Crippen molar-refractivity contribution in [2.75, 3.05) is 0 Å². The van der Waals surface area contributed by atoms with Crippen molar-refractivity contribution in [1.82, 2.24) is 4.98 Å². The molecule has 1 heterocycles. The fraction of sp³-hybridized carbons (Fsp3) is 0.500. The highest BCUT2D eigenvalue weighted by Crippen LogP contribution is 2.04. The molecule has 14 heavy (non-hydrogen) atoms. The Morgan fingerprint density at radius 2 is 2.00 bits per heavy atom. The standard InChI is InChI=1S/C6H13NO2.C4H5N/c1-3-4(2)5(7)6(8)9;1-2-4-5-3-1/h4-5H,3,7H2,1-2H3,(H,8,9);1-5H/t4-,5-;/m0./s1. The van der Waals surface area contributed by atoms with Gasteiger partial charge in [0.1, 0.15) is 6.04 Å². The molecule has 4 N–H and O–H groups in total. The highest BCUT2D eigenvalue weighted by molar-refractivity contribution is 5.73. The van der Waals surface area contributed by atoms with Crippen LogP contribution in [0, 0.1) is 5.92 Å². The van der Waals surface area contributed by atoms with Crippen LogP contribution >= 0.6 is 0 Å². The topological polar surface area (TPSA) is 79.1 Å². The van der Waals surface area contributed by atoms with Crippen molar-refractivity contribution in [3.63, 3.8) is 0 Å². The summed E-state index contributed by atoms with van der Waals surface area (Å²) in [6.07, 6.45) is 4.56. The Morgan fingerprint density at radius 1 is 1.50 bits per heavy atom. The summed E-state index contributed by atoms with van der Waals surface area (Å²) in [5, 5.41) is 8.36. The van der Waals surface area contributed by atoms with E-state index in [9.17, 15) is 4.79 Å². The van der Waals surface area contributed by atoms with Gasteiger partial charge in [0.25, 0.3) is 0 Å². The van der Waals surface area contributed by atoms with Gasteiger partial charge in [0.05, 0.1) is 0 Å². The van der Waals surface area contributed by atoms with Crippen LogP contribution in [0.4, 0.5) is 0 Å².